The Labute approximate surface area is 191 Å². The minimum Gasteiger partial charge on any atom is -0.321 e. The van der Waals surface area contributed by atoms with Gasteiger partial charge in [-0.1, -0.05) is 57.2 Å². The van der Waals surface area contributed by atoms with Gasteiger partial charge in [-0.15, -0.1) is 11.3 Å². The molecule has 0 saturated carbocycles. The van der Waals surface area contributed by atoms with Crippen molar-refractivity contribution in [2.24, 2.45) is 11.3 Å². The first-order chi connectivity index (χ1) is 15.3. The summed E-state index contributed by atoms with van der Waals surface area (Å²) in [4.78, 5) is 40.7. The van der Waals surface area contributed by atoms with E-state index >= 15 is 0 Å². The Hall–Kier alpha value is -3.05. The van der Waals surface area contributed by atoms with Gasteiger partial charge in [0.25, 0.3) is 5.91 Å². The number of rotatable bonds is 2. The van der Waals surface area contributed by atoms with Gasteiger partial charge in [0.05, 0.1) is 16.8 Å². The molecule has 4 nitrogen and oxygen atoms in total. The predicted molar refractivity (Wildman–Crippen MR) is 127 cm³/mol. The molecule has 0 bridgehead atoms. The fraction of sp³-hybridized carbons (Fsp3) is 0.296. The molecule has 5 heteroatoms. The maximum absolute atomic E-state index is 13.2. The van der Waals surface area contributed by atoms with Gasteiger partial charge in [0.2, 0.25) is 0 Å². The van der Waals surface area contributed by atoms with Crippen LogP contribution >= 0.6 is 11.3 Å². The topological polar surface area (TPSA) is 63.2 Å². The molecule has 1 unspecified atom stereocenters. The maximum Gasteiger partial charge on any atom is 0.256 e. The van der Waals surface area contributed by atoms with Crippen molar-refractivity contribution in [1.82, 2.24) is 0 Å². The molecule has 3 aromatic rings. The van der Waals surface area contributed by atoms with Crippen LogP contribution in [-0.4, -0.2) is 17.5 Å². The van der Waals surface area contributed by atoms with Crippen molar-refractivity contribution in [2.75, 3.05) is 5.32 Å². The lowest BCUT2D eigenvalue weighted by Gasteiger charge is -2.34. The smallest absolute Gasteiger partial charge is 0.256 e. The van der Waals surface area contributed by atoms with Gasteiger partial charge in [-0.2, -0.15) is 0 Å². The van der Waals surface area contributed by atoms with E-state index in [1.54, 1.807) is 53.8 Å². The minimum atomic E-state index is -0.230. The predicted octanol–water partition coefficient (Wildman–Crippen LogP) is 5.93. The van der Waals surface area contributed by atoms with E-state index in [2.05, 4.69) is 26.1 Å². The summed E-state index contributed by atoms with van der Waals surface area (Å²) < 4.78 is 0. The molecule has 1 atom stereocenters. The lowest BCUT2D eigenvalue weighted by molar-refractivity contribution is 0.0978. The molecule has 0 spiro atoms. The summed E-state index contributed by atoms with van der Waals surface area (Å²) in [5.41, 5.74) is 3.87. The summed E-state index contributed by atoms with van der Waals surface area (Å²) >= 11 is 1.65. The summed E-state index contributed by atoms with van der Waals surface area (Å²) in [5.74, 6) is -0.0301. The Morgan fingerprint density at radius 1 is 0.969 bits per heavy atom. The summed E-state index contributed by atoms with van der Waals surface area (Å²) in [6, 6.07) is 11.9. The fourth-order valence-corrected chi connectivity index (χ4v) is 6.04. The number of fused-ring (bicyclic) bond motifs is 3. The first-order valence-corrected chi connectivity index (χ1v) is 11.9. The highest BCUT2D eigenvalue weighted by atomic mass is 32.1. The molecular formula is C27H25NO3S. The molecule has 0 saturated heterocycles. The third-order valence-electron chi connectivity index (χ3n) is 6.83. The number of thiophene rings is 1. The third kappa shape index (κ3) is 3.32. The largest absolute Gasteiger partial charge is 0.321 e. The van der Waals surface area contributed by atoms with E-state index in [-0.39, 0.29) is 28.5 Å². The van der Waals surface area contributed by atoms with Crippen LogP contribution in [0.2, 0.25) is 0 Å². The highest BCUT2D eigenvalue weighted by Gasteiger charge is 2.34. The number of nitrogens with one attached hydrogen (secondary N) is 1. The molecule has 1 aromatic heterocycles. The molecule has 2 aromatic carbocycles. The first kappa shape index (κ1) is 20.8. The van der Waals surface area contributed by atoms with E-state index < -0.39 is 0 Å². The van der Waals surface area contributed by atoms with Gasteiger partial charge >= 0.3 is 0 Å². The maximum atomic E-state index is 13.2. The van der Waals surface area contributed by atoms with Crippen LogP contribution in [-0.2, 0) is 12.8 Å². The molecule has 162 valence electrons. The van der Waals surface area contributed by atoms with Gasteiger partial charge in [0.1, 0.15) is 0 Å². The van der Waals surface area contributed by atoms with Crippen LogP contribution in [0.5, 0.6) is 0 Å². The lowest BCUT2D eigenvalue weighted by atomic mass is 9.72. The van der Waals surface area contributed by atoms with Gasteiger partial charge in [0, 0.05) is 26.9 Å². The van der Waals surface area contributed by atoms with Crippen LogP contribution in [0.3, 0.4) is 0 Å². The van der Waals surface area contributed by atoms with Gasteiger partial charge in [-0.25, -0.2) is 0 Å². The van der Waals surface area contributed by atoms with E-state index in [1.165, 1.54) is 4.88 Å². The number of anilines is 1. The molecule has 32 heavy (non-hydrogen) atoms. The van der Waals surface area contributed by atoms with E-state index in [9.17, 15) is 14.4 Å². The second kappa shape index (κ2) is 7.52. The summed E-state index contributed by atoms with van der Waals surface area (Å²) in [5, 5.41) is 4.87. The van der Waals surface area contributed by atoms with Crippen LogP contribution < -0.4 is 5.32 Å². The van der Waals surface area contributed by atoms with Gasteiger partial charge in [0.15, 0.2) is 11.6 Å². The zero-order valence-corrected chi connectivity index (χ0v) is 19.3. The Morgan fingerprint density at radius 2 is 1.66 bits per heavy atom. The highest BCUT2D eigenvalue weighted by Crippen LogP contribution is 2.41. The summed E-state index contributed by atoms with van der Waals surface area (Å²) in [7, 11) is 0. The van der Waals surface area contributed by atoms with Crippen LogP contribution in [0.15, 0.2) is 47.8 Å². The normalized spacial score (nSPS) is 17.4. The quantitative estimate of drug-likeness (QED) is 0.418. The summed E-state index contributed by atoms with van der Waals surface area (Å²) in [6.07, 6.45) is 2.96. The summed E-state index contributed by atoms with van der Waals surface area (Å²) in [6.45, 7) is 6.83. The molecule has 1 N–H and O–H groups in total. The third-order valence-corrected chi connectivity index (χ3v) is 7.88. The van der Waals surface area contributed by atoms with Crippen molar-refractivity contribution < 1.29 is 14.4 Å². The van der Waals surface area contributed by atoms with Crippen molar-refractivity contribution in [1.29, 1.82) is 0 Å². The SMILES string of the molecule is CC(C)(C)C1CCc2c(C(=O)Nc3cccc4c3C(=O)c3ccccc3C4=O)csc2C1. The minimum absolute atomic E-state index is 0.188. The standard InChI is InChI=1S/C27H25NO3S/c1-27(2,3)15-11-12-16-20(14-32-22(16)13-15)26(31)28-21-10-6-9-19-23(21)25(30)18-8-5-4-7-17(18)24(19)29/h4-10,14-15H,11-13H2,1-3H3,(H,28,31). The van der Waals surface area contributed by atoms with Gasteiger partial charge < -0.3 is 5.32 Å². The zero-order valence-electron chi connectivity index (χ0n) is 18.5. The molecule has 0 fully saturated rings. The molecule has 1 heterocycles. The number of benzene rings is 2. The van der Waals surface area contributed by atoms with E-state index in [1.807, 2.05) is 5.38 Å². The average Bonchev–Trinajstić information content (AvgIpc) is 3.20. The Balaban J connectivity index is 1.46. The number of ketones is 2. The van der Waals surface area contributed by atoms with Crippen LogP contribution in [0, 0.1) is 11.3 Å². The van der Waals surface area contributed by atoms with E-state index in [4.69, 9.17) is 0 Å². The van der Waals surface area contributed by atoms with Crippen LogP contribution in [0.1, 0.15) is 79.8 Å². The molecule has 0 aliphatic heterocycles. The van der Waals surface area contributed by atoms with E-state index in [0.29, 0.717) is 33.9 Å². The fourth-order valence-electron chi connectivity index (χ4n) is 4.88. The molecular weight excluding hydrogens is 418 g/mol. The monoisotopic (exact) mass is 443 g/mol. The van der Waals surface area contributed by atoms with Crippen molar-refractivity contribution in [3.05, 3.63) is 86.1 Å². The first-order valence-electron chi connectivity index (χ1n) is 11.0. The second-order valence-electron chi connectivity index (χ2n) is 9.74. The molecule has 2 aliphatic rings. The Morgan fingerprint density at radius 3 is 2.38 bits per heavy atom. The van der Waals surface area contributed by atoms with Gasteiger partial charge in [-0.3, -0.25) is 14.4 Å². The zero-order chi connectivity index (χ0) is 22.6. The highest BCUT2D eigenvalue weighted by molar-refractivity contribution is 7.10. The Kier molecular flexibility index (Phi) is 4.90. The van der Waals surface area contributed by atoms with Crippen molar-refractivity contribution in [3.8, 4) is 0 Å². The average molecular weight is 444 g/mol. The van der Waals surface area contributed by atoms with Crippen molar-refractivity contribution in [2.45, 2.75) is 40.0 Å². The number of carbonyl (C=O) groups excluding carboxylic acids is 3. The van der Waals surface area contributed by atoms with Crippen molar-refractivity contribution >= 4 is 34.5 Å². The number of carbonyl (C=O) groups is 3. The molecule has 1 amide bonds. The Bertz CT molecular complexity index is 1280. The number of amides is 1. The van der Waals surface area contributed by atoms with E-state index in [0.717, 1.165) is 24.8 Å². The molecule has 0 radical (unpaired) electrons. The number of hydrogen-bond acceptors (Lipinski definition) is 4. The van der Waals surface area contributed by atoms with Crippen LogP contribution in [0.4, 0.5) is 5.69 Å². The second-order valence-corrected chi connectivity index (χ2v) is 10.7. The molecule has 2 aliphatic carbocycles. The van der Waals surface area contributed by atoms with Crippen LogP contribution in [0.25, 0.3) is 0 Å². The lowest BCUT2D eigenvalue weighted by Crippen LogP contribution is -2.27. The number of hydrogen-bond donors (Lipinski definition) is 1. The van der Waals surface area contributed by atoms with Gasteiger partial charge in [-0.05, 0) is 42.2 Å². The molecule has 5 rings (SSSR count). The van der Waals surface area contributed by atoms with Crippen molar-refractivity contribution in [3.63, 3.8) is 0 Å².